The van der Waals surface area contributed by atoms with Crippen LogP contribution in [0.3, 0.4) is 0 Å². The van der Waals surface area contributed by atoms with Crippen molar-refractivity contribution in [2.24, 2.45) is 0 Å². The van der Waals surface area contributed by atoms with Crippen LogP contribution in [0.25, 0.3) is 10.4 Å². The lowest BCUT2D eigenvalue weighted by atomic mass is 10.1. The van der Waals surface area contributed by atoms with Crippen LogP contribution in [-0.2, 0) is 0 Å². The average molecular weight is 282 g/mol. The van der Waals surface area contributed by atoms with Gasteiger partial charge in [0.05, 0.1) is 10.4 Å². The fourth-order valence-corrected chi connectivity index (χ4v) is 2.82. The molecule has 0 spiro atoms. The lowest BCUT2D eigenvalue weighted by Gasteiger charge is -2.02. The summed E-state index contributed by atoms with van der Waals surface area (Å²) in [6.45, 7) is 1.54. The molecule has 0 amide bonds. The number of carbonyl (C=O) groups is 1. The van der Waals surface area contributed by atoms with Crippen LogP contribution in [0.15, 0.2) is 34.2 Å². The highest BCUT2D eigenvalue weighted by atomic mass is 79.9. The van der Waals surface area contributed by atoms with Crippen molar-refractivity contribution in [1.82, 2.24) is 4.98 Å². The number of aromatic nitrogens is 1. The van der Waals surface area contributed by atoms with E-state index in [1.165, 1.54) is 18.3 Å². The number of hydrogen-bond donors (Lipinski definition) is 0. The first-order valence-corrected chi connectivity index (χ1v) is 6.06. The molecule has 0 radical (unpaired) electrons. The van der Waals surface area contributed by atoms with E-state index in [0.29, 0.717) is 5.69 Å². The topological polar surface area (TPSA) is 30.0 Å². The molecule has 0 bridgehead atoms. The fraction of sp³-hybridized carbons (Fsp3) is 0.0909. The van der Waals surface area contributed by atoms with Crippen molar-refractivity contribution in [1.29, 1.82) is 0 Å². The molecule has 0 unspecified atom stereocenters. The molecule has 0 N–H and O–H groups in total. The number of benzene rings is 1. The first-order valence-electron chi connectivity index (χ1n) is 4.39. The Hall–Kier alpha value is -1.00. The third-order valence-corrected chi connectivity index (χ3v) is 3.57. The summed E-state index contributed by atoms with van der Waals surface area (Å²) in [5.74, 6) is 0.00185. The minimum absolute atomic E-state index is 0.00185. The summed E-state index contributed by atoms with van der Waals surface area (Å²) in [6, 6.07) is 7.83. The summed E-state index contributed by atoms with van der Waals surface area (Å²) in [5.41, 5.74) is 3.27. The highest BCUT2D eigenvalue weighted by Gasteiger charge is 2.14. The third kappa shape index (κ3) is 2.01. The number of thiazole rings is 1. The molecule has 15 heavy (non-hydrogen) atoms. The molecule has 0 saturated carbocycles. The Morgan fingerprint density at radius 2 is 2.13 bits per heavy atom. The summed E-state index contributed by atoms with van der Waals surface area (Å²) in [7, 11) is 0. The van der Waals surface area contributed by atoms with Gasteiger partial charge in [-0.2, -0.15) is 0 Å². The Morgan fingerprint density at radius 1 is 1.40 bits per heavy atom. The highest BCUT2D eigenvalue weighted by Crippen LogP contribution is 2.33. The second-order valence-electron chi connectivity index (χ2n) is 3.07. The van der Waals surface area contributed by atoms with Gasteiger partial charge in [0.15, 0.2) is 5.78 Å². The lowest BCUT2D eigenvalue weighted by molar-refractivity contribution is 0.101. The third-order valence-electron chi connectivity index (χ3n) is 2.02. The van der Waals surface area contributed by atoms with E-state index in [2.05, 4.69) is 20.9 Å². The van der Waals surface area contributed by atoms with Gasteiger partial charge < -0.3 is 0 Å². The normalized spacial score (nSPS) is 10.3. The molecular formula is C11H8BrNOS. The van der Waals surface area contributed by atoms with Crippen molar-refractivity contribution >= 4 is 33.0 Å². The summed E-state index contributed by atoms with van der Waals surface area (Å²) in [4.78, 5) is 16.3. The summed E-state index contributed by atoms with van der Waals surface area (Å²) < 4.78 is 0.983. The SMILES string of the molecule is CC(=O)c1ncsc1-c1ccccc1Br. The predicted octanol–water partition coefficient (Wildman–Crippen LogP) is 3.78. The van der Waals surface area contributed by atoms with Crippen molar-refractivity contribution in [3.63, 3.8) is 0 Å². The summed E-state index contributed by atoms with van der Waals surface area (Å²) in [6.07, 6.45) is 0. The molecule has 1 heterocycles. The van der Waals surface area contributed by atoms with E-state index in [9.17, 15) is 4.79 Å². The van der Waals surface area contributed by atoms with Crippen molar-refractivity contribution in [2.45, 2.75) is 6.92 Å². The molecule has 1 aromatic carbocycles. The Bertz CT molecular complexity index is 507. The number of Topliss-reactive ketones (excluding diaryl/α,β-unsaturated/α-hetero) is 1. The quantitative estimate of drug-likeness (QED) is 0.785. The zero-order chi connectivity index (χ0) is 10.8. The number of halogens is 1. The van der Waals surface area contributed by atoms with Crippen molar-refractivity contribution in [3.8, 4) is 10.4 Å². The number of hydrogen-bond acceptors (Lipinski definition) is 3. The zero-order valence-electron chi connectivity index (χ0n) is 8.03. The molecule has 0 aliphatic carbocycles. The average Bonchev–Trinajstić information content (AvgIpc) is 2.67. The lowest BCUT2D eigenvalue weighted by Crippen LogP contribution is -1.94. The molecule has 2 aromatic rings. The van der Waals surface area contributed by atoms with Crippen LogP contribution in [0.2, 0.25) is 0 Å². The highest BCUT2D eigenvalue weighted by molar-refractivity contribution is 9.10. The van der Waals surface area contributed by atoms with Crippen LogP contribution < -0.4 is 0 Å². The van der Waals surface area contributed by atoms with E-state index in [-0.39, 0.29) is 5.78 Å². The fourth-order valence-electron chi connectivity index (χ4n) is 1.33. The summed E-state index contributed by atoms with van der Waals surface area (Å²) >= 11 is 4.95. The van der Waals surface area contributed by atoms with Crippen LogP contribution in [0.1, 0.15) is 17.4 Å². The van der Waals surface area contributed by atoms with E-state index in [1.54, 1.807) is 5.51 Å². The van der Waals surface area contributed by atoms with Crippen LogP contribution in [0.5, 0.6) is 0 Å². The summed E-state index contributed by atoms with van der Waals surface area (Å²) in [5, 5.41) is 0. The van der Waals surface area contributed by atoms with Gasteiger partial charge in [0.1, 0.15) is 5.69 Å². The van der Waals surface area contributed by atoms with Gasteiger partial charge >= 0.3 is 0 Å². The molecule has 76 valence electrons. The van der Waals surface area contributed by atoms with Crippen molar-refractivity contribution in [3.05, 3.63) is 39.9 Å². The molecule has 1 aromatic heterocycles. The maximum Gasteiger partial charge on any atom is 0.179 e. The van der Waals surface area contributed by atoms with Gasteiger partial charge in [-0.05, 0) is 6.07 Å². The predicted molar refractivity (Wildman–Crippen MR) is 65.3 cm³/mol. The minimum Gasteiger partial charge on any atom is -0.293 e. The largest absolute Gasteiger partial charge is 0.293 e. The molecule has 0 atom stereocenters. The first-order chi connectivity index (χ1) is 7.20. The Morgan fingerprint density at radius 3 is 2.80 bits per heavy atom. The molecule has 0 aliphatic rings. The standard InChI is InChI=1S/C11H8BrNOS/c1-7(14)10-11(15-6-13-10)8-4-2-3-5-9(8)12/h2-6H,1H3. The van der Waals surface area contributed by atoms with E-state index in [4.69, 9.17) is 0 Å². The van der Waals surface area contributed by atoms with Gasteiger partial charge in [0.25, 0.3) is 0 Å². The monoisotopic (exact) mass is 281 g/mol. The molecule has 0 fully saturated rings. The van der Waals surface area contributed by atoms with Crippen molar-refractivity contribution < 1.29 is 4.79 Å². The van der Waals surface area contributed by atoms with Crippen LogP contribution in [0, 0.1) is 0 Å². The van der Waals surface area contributed by atoms with Crippen molar-refractivity contribution in [2.75, 3.05) is 0 Å². The maximum absolute atomic E-state index is 11.3. The van der Waals surface area contributed by atoms with Gasteiger partial charge in [-0.3, -0.25) is 4.79 Å². The molecule has 2 nitrogen and oxygen atoms in total. The van der Waals surface area contributed by atoms with Gasteiger partial charge in [0.2, 0.25) is 0 Å². The second-order valence-corrected chi connectivity index (χ2v) is 4.78. The van der Waals surface area contributed by atoms with Gasteiger partial charge in [-0.15, -0.1) is 11.3 Å². The Balaban J connectivity index is 2.59. The number of carbonyl (C=O) groups excluding carboxylic acids is 1. The maximum atomic E-state index is 11.3. The van der Waals surface area contributed by atoms with Gasteiger partial charge in [-0.25, -0.2) is 4.98 Å². The molecular weight excluding hydrogens is 274 g/mol. The van der Waals surface area contributed by atoms with E-state index in [0.717, 1.165) is 14.9 Å². The molecule has 2 rings (SSSR count). The molecule has 0 saturated heterocycles. The van der Waals surface area contributed by atoms with Gasteiger partial charge in [0, 0.05) is 17.0 Å². The number of nitrogens with zero attached hydrogens (tertiary/aromatic N) is 1. The Kier molecular flexibility index (Phi) is 2.98. The second kappa shape index (κ2) is 4.24. The van der Waals surface area contributed by atoms with Gasteiger partial charge in [-0.1, -0.05) is 34.1 Å². The molecule has 0 aliphatic heterocycles. The zero-order valence-corrected chi connectivity index (χ0v) is 10.4. The van der Waals surface area contributed by atoms with Crippen LogP contribution in [-0.4, -0.2) is 10.8 Å². The Labute approximate surface area is 100 Å². The first kappa shape index (κ1) is 10.5. The van der Waals surface area contributed by atoms with E-state index >= 15 is 0 Å². The minimum atomic E-state index is 0.00185. The molecule has 4 heteroatoms. The van der Waals surface area contributed by atoms with Crippen LogP contribution in [0.4, 0.5) is 0 Å². The van der Waals surface area contributed by atoms with E-state index < -0.39 is 0 Å². The number of ketones is 1. The van der Waals surface area contributed by atoms with Crippen LogP contribution >= 0.6 is 27.3 Å². The number of rotatable bonds is 2. The smallest absolute Gasteiger partial charge is 0.179 e. The van der Waals surface area contributed by atoms with E-state index in [1.807, 2.05) is 24.3 Å².